The lowest BCUT2D eigenvalue weighted by atomic mass is 10.1. The molecule has 1 saturated heterocycles. The summed E-state index contributed by atoms with van der Waals surface area (Å²) in [7, 11) is 0. The second kappa shape index (κ2) is 11.3. The molecule has 7 nitrogen and oxygen atoms in total. The van der Waals surface area contributed by atoms with Crippen molar-refractivity contribution >= 4 is 11.8 Å². The van der Waals surface area contributed by atoms with Crippen molar-refractivity contribution in [3.63, 3.8) is 0 Å². The first-order valence-electron chi connectivity index (χ1n) is 11.2. The summed E-state index contributed by atoms with van der Waals surface area (Å²) in [5, 5.41) is 0. The molecule has 33 heavy (non-hydrogen) atoms. The molecule has 1 atom stereocenters. The van der Waals surface area contributed by atoms with E-state index in [4.69, 9.17) is 4.74 Å². The molecule has 1 unspecified atom stereocenters. The predicted octanol–water partition coefficient (Wildman–Crippen LogP) is 2.87. The molecule has 1 fully saturated rings. The van der Waals surface area contributed by atoms with Crippen LogP contribution in [0.1, 0.15) is 23.2 Å². The van der Waals surface area contributed by atoms with Crippen LogP contribution in [-0.2, 0) is 33.9 Å². The topological polar surface area (TPSA) is 75.6 Å². The zero-order valence-corrected chi connectivity index (χ0v) is 18.5. The number of benzene rings is 1. The summed E-state index contributed by atoms with van der Waals surface area (Å²) in [5.41, 5.74) is 2.86. The maximum absolute atomic E-state index is 13.1. The van der Waals surface area contributed by atoms with Crippen molar-refractivity contribution in [2.45, 2.75) is 32.1 Å². The molecule has 3 aromatic rings. The van der Waals surface area contributed by atoms with Crippen molar-refractivity contribution < 1.29 is 14.3 Å². The number of carbonyl (C=O) groups is 2. The molecule has 0 aliphatic carbocycles. The Morgan fingerprint density at radius 3 is 2.55 bits per heavy atom. The number of ether oxygens (including phenoxy) is 1. The Morgan fingerprint density at radius 1 is 0.970 bits per heavy atom. The number of hydrogen-bond donors (Lipinski definition) is 0. The first kappa shape index (κ1) is 22.6. The third kappa shape index (κ3) is 6.70. The quantitative estimate of drug-likeness (QED) is 0.534. The Labute approximate surface area is 194 Å². The fourth-order valence-electron chi connectivity index (χ4n) is 3.87. The average molecular weight is 445 g/mol. The van der Waals surface area contributed by atoms with Gasteiger partial charge in [-0.05, 0) is 35.7 Å². The van der Waals surface area contributed by atoms with Crippen LogP contribution in [0.15, 0.2) is 79.3 Å². The molecule has 0 bridgehead atoms. The van der Waals surface area contributed by atoms with Gasteiger partial charge < -0.3 is 14.5 Å². The van der Waals surface area contributed by atoms with Gasteiger partial charge in [0.05, 0.1) is 24.9 Å². The smallest absolute Gasteiger partial charge is 0.242 e. The lowest BCUT2D eigenvalue weighted by Crippen LogP contribution is -2.39. The van der Waals surface area contributed by atoms with Crippen LogP contribution in [0.2, 0.25) is 0 Å². The molecule has 7 heteroatoms. The highest BCUT2D eigenvalue weighted by molar-refractivity contribution is 5.85. The van der Waals surface area contributed by atoms with Crippen molar-refractivity contribution in [2.75, 3.05) is 19.6 Å². The standard InChI is InChI=1S/C26H28N4O3/c31-25(12-11-21-9-6-13-27-15-21)30-18-24(33-20-23-10-4-5-14-28-23)17-29(26(32)19-30)16-22-7-2-1-3-8-22/h1-10,13-15,24H,11-12,16-20H2. The van der Waals surface area contributed by atoms with Gasteiger partial charge in [-0.25, -0.2) is 0 Å². The minimum atomic E-state index is -0.301. The van der Waals surface area contributed by atoms with Gasteiger partial charge in [0, 0.05) is 44.6 Å². The number of hydrogen-bond acceptors (Lipinski definition) is 5. The summed E-state index contributed by atoms with van der Waals surface area (Å²) in [4.78, 5) is 37.9. The number of nitrogens with zero attached hydrogens (tertiary/aromatic N) is 4. The molecule has 2 amide bonds. The van der Waals surface area contributed by atoms with Crippen LogP contribution in [0.25, 0.3) is 0 Å². The van der Waals surface area contributed by atoms with Gasteiger partial charge in [-0.3, -0.25) is 19.6 Å². The largest absolute Gasteiger partial charge is 0.368 e. The molecular weight excluding hydrogens is 416 g/mol. The molecule has 170 valence electrons. The third-order valence-electron chi connectivity index (χ3n) is 5.64. The van der Waals surface area contributed by atoms with Gasteiger partial charge >= 0.3 is 0 Å². The Hall–Kier alpha value is -3.58. The molecular formula is C26H28N4O3. The zero-order valence-electron chi connectivity index (χ0n) is 18.5. The molecule has 1 aliphatic heterocycles. The number of carbonyl (C=O) groups excluding carboxylic acids is 2. The van der Waals surface area contributed by atoms with Crippen LogP contribution >= 0.6 is 0 Å². The highest BCUT2D eigenvalue weighted by Gasteiger charge is 2.30. The Bertz CT molecular complexity index is 1030. The van der Waals surface area contributed by atoms with E-state index >= 15 is 0 Å². The predicted molar refractivity (Wildman–Crippen MR) is 124 cm³/mol. The summed E-state index contributed by atoms with van der Waals surface area (Å²) < 4.78 is 6.15. The molecule has 0 spiro atoms. The lowest BCUT2D eigenvalue weighted by molar-refractivity contribution is -0.139. The molecule has 0 saturated carbocycles. The molecule has 4 rings (SSSR count). The van der Waals surface area contributed by atoms with Gasteiger partial charge in [0.15, 0.2) is 0 Å². The molecule has 3 heterocycles. The van der Waals surface area contributed by atoms with E-state index in [1.54, 1.807) is 28.4 Å². The fraction of sp³-hybridized carbons (Fsp3) is 0.308. The molecule has 1 aliphatic rings. The number of aryl methyl sites for hydroxylation is 1. The first-order valence-corrected chi connectivity index (χ1v) is 11.2. The van der Waals surface area contributed by atoms with Crippen molar-refractivity contribution in [3.8, 4) is 0 Å². The summed E-state index contributed by atoms with van der Waals surface area (Å²) >= 11 is 0. The normalized spacial score (nSPS) is 16.5. The van der Waals surface area contributed by atoms with Gasteiger partial charge in [-0.2, -0.15) is 0 Å². The minimum Gasteiger partial charge on any atom is -0.368 e. The number of pyridine rings is 2. The average Bonchev–Trinajstić information content (AvgIpc) is 3.02. The molecule has 0 N–H and O–H groups in total. The van der Waals surface area contributed by atoms with E-state index in [-0.39, 0.29) is 24.5 Å². The number of aromatic nitrogens is 2. The SMILES string of the molecule is O=C(CCc1cccnc1)N1CC(=O)N(Cc2ccccc2)CC(OCc2ccccn2)C1. The van der Waals surface area contributed by atoms with E-state index in [2.05, 4.69) is 9.97 Å². The van der Waals surface area contributed by atoms with Crippen LogP contribution in [0.3, 0.4) is 0 Å². The van der Waals surface area contributed by atoms with E-state index in [1.165, 1.54) is 0 Å². The summed E-state index contributed by atoms with van der Waals surface area (Å²) in [6.07, 6.45) is 5.82. The van der Waals surface area contributed by atoms with Gasteiger partial charge in [0.25, 0.3) is 0 Å². The van der Waals surface area contributed by atoms with E-state index in [9.17, 15) is 9.59 Å². The Balaban J connectivity index is 1.45. The zero-order chi connectivity index (χ0) is 22.9. The Kier molecular flexibility index (Phi) is 7.76. The van der Waals surface area contributed by atoms with Crippen molar-refractivity contribution in [3.05, 3.63) is 96.1 Å². The summed E-state index contributed by atoms with van der Waals surface area (Å²) in [6, 6.07) is 19.4. The molecule has 1 aromatic carbocycles. The monoisotopic (exact) mass is 444 g/mol. The van der Waals surface area contributed by atoms with Crippen LogP contribution in [0.5, 0.6) is 0 Å². The number of rotatable bonds is 8. The highest BCUT2D eigenvalue weighted by Crippen LogP contribution is 2.15. The van der Waals surface area contributed by atoms with Crippen molar-refractivity contribution in [1.82, 2.24) is 19.8 Å². The van der Waals surface area contributed by atoms with E-state index < -0.39 is 0 Å². The van der Waals surface area contributed by atoms with E-state index in [0.29, 0.717) is 39.1 Å². The lowest BCUT2D eigenvalue weighted by Gasteiger charge is -2.25. The van der Waals surface area contributed by atoms with Gasteiger partial charge in [0.1, 0.15) is 0 Å². The van der Waals surface area contributed by atoms with E-state index in [0.717, 1.165) is 16.8 Å². The fourth-order valence-corrected chi connectivity index (χ4v) is 3.87. The maximum Gasteiger partial charge on any atom is 0.242 e. The van der Waals surface area contributed by atoms with Crippen LogP contribution in [0.4, 0.5) is 0 Å². The van der Waals surface area contributed by atoms with Gasteiger partial charge in [-0.1, -0.05) is 42.5 Å². The Morgan fingerprint density at radius 2 is 1.79 bits per heavy atom. The van der Waals surface area contributed by atoms with Gasteiger partial charge in [-0.15, -0.1) is 0 Å². The molecule has 0 radical (unpaired) electrons. The first-order chi connectivity index (χ1) is 16.2. The van der Waals surface area contributed by atoms with Crippen molar-refractivity contribution in [2.24, 2.45) is 0 Å². The molecule has 2 aromatic heterocycles. The van der Waals surface area contributed by atoms with Crippen LogP contribution < -0.4 is 0 Å². The van der Waals surface area contributed by atoms with E-state index in [1.807, 2.05) is 60.7 Å². The third-order valence-corrected chi connectivity index (χ3v) is 5.64. The van der Waals surface area contributed by atoms with Gasteiger partial charge in [0.2, 0.25) is 11.8 Å². The summed E-state index contributed by atoms with van der Waals surface area (Å²) in [6.45, 7) is 1.67. The maximum atomic E-state index is 13.1. The van der Waals surface area contributed by atoms with Crippen molar-refractivity contribution in [1.29, 1.82) is 0 Å². The number of amides is 2. The second-order valence-electron chi connectivity index (χ2n) is 8.15. The van der Waals surface area contributed by atoms with Crippen LogP contribution in [-0.4, -0.2) is 57.3 Å². The second-order valence-corrected chi connectivity index (χ2v) is 8.15. The van der Waals surface area contributed by atoms with Crippen LogP contribution in [0, 0.1) is 0 Å². The minimum absolute atomic E-state index is 0.0554. The highest BCUT2D eigenvalue weighted by atomic mass is 16.5. The summed E-state index contributed by atoms with van der Waals surface area (Å²) in [5.74, 6) is -0.127.